The maximum atomic E-state index is 14.2. The van der Waals surface area contributed by atoms with Gasteiger partial charge in [-0.3, -0.25) is 9.59 Å². The molecule has 6 rings (SSSR count). The van der Waals surface area contributed by atoms with Gasteiger partial charge in [-0.05, 0) is 42.3 Å². The van der Waals surface area contributed by atoms with E-state index in [-0.39, 0.29) is 37.4 Å². The molecule has 1 aromatic heterocycles. The minimum Gasteiger partial charge on any atom is -0.496 e. The molecule has 0 aliphatic carbocycles. The Morgan fingerprint density at radius 2 is 1.77 bits per heavy atom. The third-order valence-corrected chi connectivity index (χ3v) is 7.96. The Morgan fingerprint density at radius 1 is 1.03 bits per heavy atom. The number of para-hydroxylation sites is 2. The van der Waals surface area contributed by atoms with Crippen molar-refractivity contribution in [2.45, 2.75) is 31.1 Å². The second-order valence-corrected chi connectivity index (χ2v) is 10.2. The van der Waals surface area contributed by atoms with Crippen molar-refractivity contribution in [2.24, 2.45) is 0 Å². The predicted molar refractivity (Wildman–Crippen MR) is 139 cm³/mol. The summed E-state index contributed by atoms with van der Waals surface area (Å²) in [7, 11) is 1.60. The molecule has 1 fully saturated rings. The first kappa shape index (κ1) is 25.0. The van der Waals surface area contributed by atoms with Crippen LogP contribution in [0.5, 0.6) is 5.75 Å². The summed E-state index contributed by atoms with van der Waals surface area (Å²) in [6, 6.07) is 20.3. The van der Waals surface area contributed by atoms with Gasteiger partial charge in [0.15, 0.2) is 5.54 Å². The Kier molecular flexibility index (Phi) is 5.71. The van der Waals surface area contributed by atoms with Crippen LogP contribution >= 0.6 is 0 Å². The van der Waals surface area contributed by atoms with Crippen LogP contribution in [0.2, 0.25) is 0 Å². The lowest BCUT2D eigenvalue weighted by Crippen LogP contribution is -2.67. The summed E-state index contributed by atoms with van der Waals surface area (Å²) in [4.78, 5) is 34.2. The molecule has 3 heterocycles. The van der Waals surface area contributed by atoms with E-state index in [2.05, 4.69) is 4.98 Å². The van der Waals surface area contributed by atoms with Crippen LogP contribution in [0.1, 0.15) is 40.8 Å². The largest absolute Gasteiger partial charge is 0.496 e. The van der Waals surface area contributed by atoms with E-state index in [0.717, 1.165) is 34.2 Å². The highest BCUT2D eigenvalue weighted by molar-refractivity contribution is 6.01. The lowest BCUT2D eigenvalue weighted by molar-refractivity contribution is -0.167. The van der Waals surface area contributed by atoms with E-state index in [1.54, 1.807) is 18.9 Å². The fraction of sp³-hybridized carbons (Fsp3) is 0.267. The number of fused-ring (bicyclic) bond motifs is 5. The van der Waals surface area contributed by atoms with Crippen molar-refractivity contribution >= 4 is 22.7 Å². The lowest BCUT2D eigenvalue weighted by Gasteiger charge is -2.51. The number of piperazine rings is 1. The first-order valence-corrected chi connectivity index (χ1v) is 12.6. The average molecular weight is 534 g/mol. The minimum absolute atomic E-state index is 0.108. The van der Waals surface area contributed by atoms with Crippen LogP contribution in [0.15, 0.2) is 72.8 Å². The molecular formula is C30H26F3N3O3. The predicted octanol–water partition coefficient (Wildman–Crippen LogP) is 5.43. The zero-order valence-corrected chi connectivity index (χ0v) is 21.4. The standard InChI is InChI=1S/C30H26F3N3O3/c1-29-27-26(21-11-3-5-12-23(21)34-27)22(20-10-4-6-13-24(20)39-2)16-36(29)25(37)17-35(28(29)38)15-18-8-7-9-19(14-18)30(31,32)33/h3-14,22,34H,15-17H2,1-2H3/t22-,29+/m1/s1. The van der Waals surface area contributed by atoms with E-state index in [4.69, 9.17) is 4.74 Å². The molecule has 2 amide bonds. The number of methoxy groups -OCH3 is 1. The third kappa shape index (κ3) is 3.87. The summed E-state index contributed by atoms with van der Waals surface area (Å²) >= 11 is 0. The van der Waals surface area contributed by atoms with Crippen LogP contribution in [-0.4, -0.2) is 46.8 Å². The second-order valence-electron chi connectivity index (χ2n) is 10.2. The van der Waals surface area contributed by atoms with Gasteiger partial charge in [0.05, 0.1) is 18.4 Å². The molecule has 2 atom stereocenters. The molecule has 39 heavy (non-hydrogen) atoms. The number of H-pyrrole nitrogens is 1. The Bertz CT molecular complexity index is 1610. The molecular weight excluding hydrogens is 507 g/mol. The summed E-state index contributed by atoms with van der Waals surface area (Å²) in [5.41, 5.74) is 1.42. The number of carbonyl (C=O) groups is 2. The van der Waals surface area contributed by atoms with Crippen molar-refractivity contribution in [1.29, 1.82) is 0 Å². The highest BCUT2D eigenvalue weighted by atomic mass is 19.4. The highest BCUT2D eigenvalue weighted by Crippen LogP contribution is 2.49. The summed E-state index contributed by atoms with van der Waals surface area (Å²) in [6.07, 6.45) is -4.50. The molecule has 4 aromatic rings. The van der Waals surface area contributed by atoms with Gasteiger partial charge >= 0.3 is 6.18 Å². The van der Waals surface area contributed by atoms with Gasteiger partial charge in [0.2, 0.25) is 5.91 Å². The van der Waals surface area contributed by atoms with Crippen LogP contribution in [0.3, 0.4) is 0 Å². The van der Waals surface area contributed by atoms with E-state index >= 15 is 0 Å². The van der Waals surface area contributed by atoms with Gasteiger partial charge in [-0.25, -0.2) is 0 Å². The number of rotatable bonds is 4. The summed E-state index contributed by atoms with van der Waals surface area (Å²) in [6.45, 7) is 1.65. The average Bonchev–Trinajstić information content (AvgIpc) is 3.32. The lowest BCUT2D eigenvalue weighted by atomic mass is 9.76. The van der Waals surface area contributed by atoms with E-state index < -0.39 is 17.3 Å². The number of hydrogen-bond donors (Lipinski definition) is 1. The Labute approximate surface area is 223 Å². The van der Waals surface area contributed by atoms with Crippen molar-refractivity contribution in [3.63, 3.8) is 0 Å². The normalized spacial score (nSPS) is 21.2. The summed E-state index contributed by atoms with van der Waals surface area (Å²) < 4.78 is 45.6. The van der Waals surface area contributed by atoms with Gasteiger partial charge in [0.25, 0.3) is 5.91 Å². The molecule has 0 bridgehead atoms. The molecule has 200 valence electrons. The second kappa shape index (κ2) is 8.90. The van der Waals surface area contributed by atoms with E-state index in [1.807, 2.05) is 48.5 Å². The molecule has 2 aliphatic rings. The fourth-order valence-electron chi connectivity index (χ4n) is 6.11. The molecule has 1 saturated heterocycles. The molecule has 0 saturated carbocycles. The number of nitrogens with one attached hydrogen (secondary N) is 1. The molecule has 0 spiro atoms. The number of aromatic nitrogens is 1. The van der Waals surface area contributed by atoms with Crippen molar-refractivity contribution in [1.82, 2.24) is 14.8 Å². The van der Waals surface area contributed by atoms with E-state index in [1.165, 1.54) is 17.0 Å². The van der Waals surface area contributed by atoms with Crippen LogP contribution < -0.4 is 4.74 Å². The zero-order valence-electron chi connectivity index (χ0n) is 21.4. The molecule has 2 aliphatic heterocycles. The van der Waals surface area contributed by atoms with Gasteiger partial charge < -0.3 is 19.5 Å². The van der Waals surface area contributed by atoms with E-state index in [9.17, 15) is 22.8 Å². The maximum Gasteiger partial charge on any atom is 0.416 e. The summed E-state index contributed by atoms with van der Waals surface area (Å²) in [5, 5.41) is 0.944. The number of aromatic amines is 1. The Balaban J connectivity index is 1.47. The maximum absolute atomic E-state index is 14.2. The molecule has 3 aromatic carbocycles. The third-order valence-electron chi connectivity index (χ3n) is 7.96. The first-order valence-electron chi connectivity index (χ1n) is 12.6. The molecule has 0 unspecified atom stereocenters. The monoisotopic (exact) mass is 533 g/mol. The van der Waals surface area contributed by atoms with E-state index in [0.29, 0.717) is 17.0 Å². The molecule has 9 heteroatoms. The van der Waals surface area contributed by atoms with Gasteiger partial charge in [-0.2, -0.15) is 13.2 Å². The number of ether oxygens (including phenoxy) is 1. The molecule has 6 nitrogen and oxygen atoms in total. The molecule has 1 N–H and O–H groups in total. The Hall–Kier alpha value is -4.27. The zero-order chi connectivity index (χ0) is 27.5. The highest BCUT2D eigenvalue weighted by Gasteiger charge is 2.56. The number of alkyl halides is 3. The van der Waals surface area contributed by atoms with Crippen LogP contribution in [-0.2, 0) is 27.8 Å². The van der Waals surface area contributed by atoms with Crippen molar-refractivity contribution in [3.05, 3.63) is 101 Å². The van der Waals surface area contributed by atoms with Crippen LogP contribution in [0, 0.1) is 0 Å². The van der Waals surface area contributed by atoms with Gasteiger partial charge in [-0.15, -0.1) is 0 Å². The quantitative estimate of drug-likeness (QED) is 0.381. The van der Waals surface area contributed by atoms with Crippen molar-refractivity contribution < 1.29 is 27.5 Å². The van der Waals surface area contributed by atoms with Gasteiger partial charge in [0, 0.05) is 35.5 Å². The topological polar surface area (TPSA) is 65.6 Å². The summed E-state index contributed by atoms with van der Waals surface area (Å²) in [5.74, 6) is -0.185. The van der Waals surface area contributed by atoms with Crippen LogP contribution in [0.25, 0.3) is 10.9 Å². The van der Waals surface area contributed by atoms with Crippen LogP contribution in [0.4, 0.5) is 13.2 Å². The molecule has 0 radical (unpaired) electrons. The van der Waals surface area contributed by atoms with Gasteiger partial charge in [-0.1, -0.05) is 48.5 Å². The van der Waals surface area contributed by atoms with Gasteiger partial charge in [0.1, 0.15) is 12.3 Å². The minimum atomic E-state index is -4.50. The Morgan fingerprint density at radius 3 is 2.54 bits per heavy atom. The number of halogens is 3. The number of hydrogen-bond acceptors (Lipinski definition) is 3. The fourth-order valence-corrected chi connectivity index (χ4v) is 6.11. The smallest absolute Gasteiger partial charge is 0.416 e. The number of amides is 2. The van der Waals surface area contributed by atoms with Crippen molar-refractivity contribution in [2.75, 3.05) is 20.2 Å². The first-order chi connectivity index (χ1) is 18.6. The SMILES string of the molecule is COc1ccccc1[C@H]1CN2C(=O)CN(Cc3cccc(C(F)(F)F)c3)C(=O)[C@]2(C)c2[nH]c3ccccc3c21. The van der Waals surface area contributed by atoms with Crippen molar-refractivity contribution in [3.8, 4) is 5.75 Å². The number of nitrogens with zero attached hydrogens (tertiary/aromatic N) is 2. The number of carbonyl (C=O) groups excluding carboxylic acids is 2. The number of benzene rings is 3.